The van der Waals surface area contributed by atoms with Crippen molar-refractivity contribution in [2.45, 2.75) is 38.6 Å². The molecule has 1 aromatic carbocycles. The topological polar surface area (TPSA) is 38.7 Å². The Morgan fingerprint density at radius 2 is 1.94 bits per heavy atom. The molecule has 1 atom stereocenters. The van der Waals surface area contributed by atoms with E-state index < -0.39 is 0 Å². The van der Waals surface area contributed by atoms with Crippen molar-refractivity contribution in [1.29, 1.82) is 0 Å². The van der Waals surface area contributed by atoms with Gasteiger partial charge in [-0.2, -0.15) is 0 Å². The maximum atomic E-state index is 8.93. The lowest BCUT2D eigenvalue weighted by atomic mass is 10.1. The highest BCUT2D eigenvalue weighted by Crippen LogP contribution is 2.14. The van der Waals surface area contributed by atoms with Gasteiger partial charge in [0.05, 0.1) is 13.2 Å². The van der Waals surface area contributed by atoms with Crippen molar-refractivity contribution >= 4 is 0 Å². The Morgan fingerprint density at radius 3 is 2.59 bits per heavy atom. The maximum Gasteiger partial charge on any atom is 0.157 e. The molecule has 1 aliphatic rings. The van der Waals surface area contributed by atoms with Crippen LogP contribution in [0.15, 0.2) is 24.3 Å². The molecule has 3 heteroatoms. The van der Waals surface area contributed by atoms with E-state index >= 15 is 0 Å². The van der Waals surface area contributed by atoms with Crippen LogP contribution in [0.3, 0.4) is 0 Å². The van der Waals surface area contributed by atoms with Crippen molar-refractivity contribution in [1.82, 2.24) is 0 Å². The smallest absolute Gasteiger partial charge is 0.157 e. The molecule has 1 aliphatic heterocycles. The Bertz CT molecular complexity index is 315. The lowest BCUT2D eigenvalue weighted by molar-refractivity contribution is -0.161. The van der Waals surface area contributed by atoms with Gasteiger partial charge in [-0.25, -0.2) is 0 Å². The summed E-state index contributed by atoms with van der Waals surface area (Å²) >= 11 is 0. The highest BCUT2D eigenvalue weighted by atomic mass is 16.7. The summed E-state index contributed by atoms with van der Waals surface area (Å²) in [5.74, 6) is 0. The largest absolute Gasteiger partial charge is 0.392 e. The Balaban J connectivity index is 1.69. The molecular formula is C14H20O3. The van der Waals surface area contributed by atoms with Crippen LogP contribution in [0, 0.1) is 0 Å². The molecule has 3 nitrogen and oxygen atoms in total. The second-order valence-electron chi connectivity index (χ2n) is 4.39. The van der Waals surface area contributed by atoms with Gasteiger partial charge >= 0.3 is 0 Å². The van der Waals surface area contributed by atoms with Gasteiger partial charge < -0.3 is 14.6 Å². The van der Waals surface area contributed by atoms with Crippen LogP contribution in [0.1, 0.15) is 30.4 Å². The molecule has 0 aromatic heterocycles. The zero-order chi connectivity index (χ0) is 11.9. The summed E-state index contributed by atoms with van der Waals surface area (Å²) in [7, 11) is 0. The second kappa shape index (κ2) is 6.74. The number of hydrogen-bond donors (Lipinski definition) is 1. The van der Waals surface area contributed by atoms with Crippen LogP contribution in [0.4, 0.5) is 0 Å². The molecular weight excluding hydrogens is 216 g/mol. The van der Waals surface area contributed by atoms with Gasteiger partial charge in [-0.05, 0) is 36.8 Å². The van der Waals surface area contributed by atoms with Gasteiger partial charge in [-0.1, -0.05) is 24.3 Å². The van der Waals surface area contributed by atoms with Crippen molar-refractivity contribution in [3.8, 4) is 0 Å². The maximum absolute atomic E-state index is 8.93. The van der Waals surface area contributed by atoms with Crippen molar-refractivity contribution in [3.63, 3.8) is 0 Å². The predicted octanol–water partition coefficient (Wildman–Crippen LogP) is 2.26. The highest BCUT2D eigenvalue weighted by Gasteiger charge is 2.13. The van der Waals surface area contributed by atoms with Gasteiger partial charge in [0.2, 0.25) is 0 Å². The third kappa shape index (κ3) is 4.11. The van der Waals surface area contributed by atoms with Crippen LogP contribution >= 0.6 is 0 Å². The van der Waals surface area contributed by atoms with E-state index in [0.29, 0.717) is 6.61 Å². The number of rotatable bonds is 5. The molecule has 0 spiro atoms. The fourth-order valence-corrected chi connectivity index (χ4v) is 1.96. The summed E-state index contributed by atoms with van der Waals surface area (Å²) in [6.45, 7) is 1.63. The summed E-state index contributed by atoms with van der Waals surface area (Å²) in [6.07, 6.45) is 4.27. The van der Waals surface area contributed by atoms with Gasteiger partial charge in [0.15, 0.2) is 6.29 Å². The number of ether oxygens (including phenoxy) is 2. The van der Waals surface area contributed by atoms with Crippen LogP contribution in [0.2, 0.25) is 0 Å². The van der Waals surface area contributed by atoms with Crippen LogP contribution in [0.25, 0.3) is 0 Å². The fraction of sp³-hybridized carbons (Fsp3) is 0.571. The van der Waals surface area contributed by atoms with Crippen LogP contribution in [-0.4, -0.2) is 24.6 Å². The minimum atomic E-state index is 0.000431. The van der Waals surface area contributed by atoms with E-state index in [0.717, 1.165) is 31.4 Å². The van der Waals surface area contributed by atoms with Crippen molar-refractivity contribution < 1.29 is 14.6 Å². The first kappa shape index (κ1) is 12.6. The Labute approximate surface area is 102 Å². The molecule has 1 N–H and O–H groups in total. The minimum absolute atomic E-state index is 0.000431. The quantitative estimate of drug-likeness (QED) is 0.852. The molecule has 0 amide bonds. The Morgan fingerprint density at radius 1 is 1.18 bits per heavy atom. The lowest BCUT2D eigenvalue weighted by Gasteiger charge is -2.22. The molecule has 2 rings (SSSR count). The Kier molecular flexibility index (Phi) is 4.98. The van der Waals surface area contributed by atoms with E-state index in [2.05, 4.69) is 0 Å². The summed E-state index contributed by atoms with van der Waals surface area (Å²) in [6, 6.07) is 7.98. The summed E-state index contributed by atoms with van der Waals surface area (Å²) in [5.41, 5.74) is 2.18. The molecule has 1 heterocycles. The summed E-state index contributed by atoms with van der Waals surface area (Å²) in [4.78, 5) is 0. The standard InChI is InChI=1S/C14H20O3/c15-11-13-6-4-12(5-7-13)8-10-17-14-3-1-2-9-16-14/h4-7,14-15H,1-3,8-11H2. The van der Waals surface area contributed by atoms with E-state index in [1.807, 2.05) is 24.3 Å². The minimum Gasteiger partial charge on any atom is -0.392 e. The van der Waals surface area contributed by atoms with Crippen LogP contribution in [-0.2, 0) is 22.5 Å². The van der Waals surface area contributed by atoms with E-state index in [1.165, 1.54) is 12.0 Å². The molecule has 1 saturated heterocycles. The molecule has 94 valence electrons. The molecule has 0 aliphatic carbocycles. The highest BCUT2D eigenvalue weighted by molar-refractivity contribution is 5.21. The molecule has 1 fully saturated rings. The fourth-order valence-electron chi connectivity index (χ4n) is 1.96. The number of hydrogen-bond acceptors (Lipinski definition) is 3. The van der Waals surface area contributed by atoms with E-state index in [9.17, 15) is 0 Å². The third-order valence-corrected chi connectivity index (χ3v) is 3.04. The van der Waals surface area contributed by atoms with Crippen molar-refractivity contribution in [3.05, 3.63) is 35.4 Å². The number of aliphatic hydroxyl groups is 1. The SMILES string of the molecule is OCc1ccc(CCOC2CCCCO2)cc1. The first-order valence-electron chi connectivity index (χ1n) is 6.30. The van der Waals surface area contributed by atoms with Crippen LogP contribution < -0.4 is 0 Å². The lowest BCUT2D eigenvalue weighted by Crippen LogP contribution is -2.23. The zero-order valence-corrected chi connectivity index (χ0v) is 10.1. The Hall–Kier alpha value is -0.900. The molecule has 1 unspecified atom stereocenters. The van der Waals surface area contributed by atoms with Gasteiger partial charge in [0.1, 0.15) is 0 Å². The monoisotopic (exact) mass is 236 g/mol. The summed E-state index contributed by atoms with van der Waals surface area (Å²) < 4.78 is 11.2. The molecule has 1 aromatic rings. The molecule has 17 heavy (non-hydrogen) atoms. The average Bonchev–Trinajstić information content (AvgIpc) is 2.41. The zero-order valence-electron chi connectivity index (χ0n) is 10.1. The second-order valence-corrected chi connectivity index (χ2v) is 4.39. The number of aliphatic hydroxyl groups excluding tert-OH is 1. The summed E-state index contributed by atoms with van der Waals surface area (Å²) in [5, 5.41) is 8.93. The average molecular weight is 236 g/mol. The first-order valence-corrected chi connectivity index (χ1v) is 6.30. The molecule has 0 radical (unpaired) electrons. The van der Waals surface area contributed by atoms with Crippen LogP contribution in [0.5, 0.6) is 0 Å². The van der Waals surface area contributed by atoms with E-state index in [-0.39, 0.29) is 12.9 Å². The number of benzene rings is 1. The normalized spacial score (nSPS) is 20.4. The first-order chi connectivity index (χ1) is 8.38. The molecule has 0 saturated carbocycles. The molecule has 0 bridgehead atoms. The van der Waals surface area contributed by atoms with Gasteiger partial charge in [-0.3, -0.25) is 0 Å². The van der Waals surface area contributed by atoms with Crippen molar-refractivity contribution in [2.24, 2.45) is 0 Å². The van der Waals surface area contributed by atoms with Gasteiger partial charge in [0.25, 0.3) is 0 Å². The van der Waals surface area contributed by atoms with E-state index in [1.54, 1.807) is 0 Å². The van der Waals surface area contributed by atoms with E-state index in [4.69, 9.17) is 14.6 Å². The van der Waals surface area contributed by atoms with Crippen molar-refractivity contribution in [2.75, 3.05) is 13.2 Å². The predicted molar refractivity (Wildman–Crippen MR) is 65.6 cm³/mol. The third-order valence-electron chi connectivity index (χ3n) is 3.04. The van der Waals surface area contributed by atoms with Gasteiger partial charge in [-0.15, -0.1) is 0 Å². The van der Waals surface area contributed by atoms with Gasteiger partial charge in [0, 0.05) is 6.61 Å².